The molecule has 0 saturated carbocycles. The Hall–Kier alpha value is 0.0934. The molecule has 0 heterocycles. The molecule has 0 N–H and O–H groups in total. The molecule has 0 bridgehead atoms. The van der Waals surface area contributed by atoms with Gasteiger partial charge < -0.3 is 11.7 Å². The van der Waals surface area contributed by atoms with Gasteiger partial charge in [0.2, 0.25) is 0 Å². The van der Waals surface area contributed by atoms with Crippen LogP contribution in [0.1, 0.15) is 20.8 Å². The number of ether oxygens (including phenoxy) is 1. The molecule has 0 radical (unpaired) electrons. The van der Waals surface area contributed by atoms with Gasteiger partial charge in [-0.1, -0.05) is 0 Å². The predicted octanol–water partition coefficient (Wildman–Crippen LogP) is 1.41. The van der Waals surface area contributed by atoms with E-state index in [4.69, 9.17) is 0 Å². The molecule has 0 rings (SSSR count). The Labute approximate surface area is 69.7 Å². The number of rotatable bonds is 1. The number of hydrogen-bond donors (Lipinski definition) is 0. The summed E-state index contributed by atoms with van der Waals surface area (Å²) in [6, 6.07) is 0. The van der Waals surface area contributed by atoms with Crippen LogP contribution in [0.3, 0.4) is 0 Å². The topological polar surface area (TPSA) is 26.3 Å². The summed E-state index contributed by atoms with van der Waals surface area (Å²) in [4.78, 5) is 9.82. The van der Waals surface area contributed by atoms with Crippen molar-refractivity contribution in [1.82, 2.24) is 0 Å². The fourth-order valence-electron chi connectivity index (χ4n) is 0.203. The summed E-state index contributed by atoms with van der Waals surface area (Å²) in [5.74, 6) is -0.211. The van der Waals surface area contributed by atoms with Crippen LogP contribution in [0.2, 0.25) is 0 Å². The van der Waals surface area contributed by atoms with Gasteiger partial charge in [0, 0.05) is 26.4 Å². The average molecular weight is 183 g/mol. The largest absolute Gasteiger partial charge is 0.466 e. The SMILES string of the molecule is CCOC(C)=O.[CH2-]C.[Zn]. The maximum absolute atomic E-state index is 9.82. The van der Waals surface area contributed by atoms with Crippen LogP contribution in [0.5, 0.6) is 0 Å². The van der Waals surface area contributed by atoms with Gasteiger partial charge in [0.1, 0.15) is 0 Å². The molecule has 3 heteroatoms. The van der Waals surface area contributed by atoms with E-state index >= 15 is 0 Å². The second-order valence-corrected chi connectivity index (χ2v) is 0.925. The summed E-state index contributed by atoms with van der Waals surface area (Å²) < 4.78 is 4.40. The molecule has 0 fully saturated rings. The van der Waals surface area contributed by atoms with Crippen molar-refractivity contribution in [1.29, 1.82) is 0 Å². The van der Waals surface area contributed by atoms with Crippen molar-refractivity contribution in [2.75, 3.05) is 6.61 Å². The Balaban J connectivity index is -0.000000109. The Bertz CT molecular complexity index is 55.0. The molecule has 0 unspecified atom stereocenters. The monoisotopic (exact) mass is 181 g/mol. The first-order chi connectivity index (χ1) is 3.77. The van der Waals surface area contributed by atoms with E-state index in [0.717, 1.165) is 0 Å². The Kier molecular flexibility index (Phi) is 28.0. The molecule has 0 atom stereocenters. The maximum Gasteiger partial charge on any atom is 0.302 e. The summed E-state index contributed by atoms with van der Waals surface area (Å²) in [7, 11) is 0. The number of hydrogen-bond acceptors (Lipinski definition) is 2. The standard InChI is InChI=1S/C4H8O2.C2H5.Zn/c1-3-6-4(2)5;1-2;/h3H2,1-2H3;1H2,2H3;/q;-1;. The van der Waals surface area contributed by atoms with E-state index in [1.807, 2.05) is 0 Å². The van der Waals surface area contributed by atoms with Crippen molar-refractivity contribution < 1.29 is 29.0 Å². The molecule has 2 nitrogen and oxygen atoms in total. The van der Waals surface area contributed by atoms with Gasteiger partial charge in [-0.2, -0.15) is 6.92 Å². The third-order valence-corrected chi connectivity index (χ3v) is 0.348. The van der Waals surface area contributed by atoms with Gasteiger partial charge in [0.05, 0.1) is 6.61 Å². The first-order valence-corrected chi connectivity index (χ1v) is 2.61. The third-order valence-electron chi connectivity index (χ3n) is 0.348. The molecule has 0 saturated heterocycles. The zero-order valence-electron chi connectivity index (χ0n) is 6.44. The molecule has 0 aliphatic heterocycles. The normalized spacial score (nSPS) is 5.78. The summed E-state index contributed by atoms with van der Waals surface area (Å²) in [5, 5.41) is 0. The van der Waals surface area contributed by atoms with E-state index < -0.39 is 0 Å². The zero-order valence-corrected chi connectivity index (χ0v) is 9.40. The maximum atomic E-state index is 9.82. The van der Waals surface area contributed by atoms with Gasteiger partial charge in [-0.25, -0.2) is 0 Å². The van der Waals surface area contributed by atoms with Crippen molar-refractivity contribution in [3.8, 4) is 0 Å². The molecule has 0 aliphatic carbocycles. The molecular weight excluding hydrogens is 169 g/mol. The van der Waals surface area contributed by atoms with Crippen LogP contribution >= 0.6 is 0 Å². The molecule has 9 heavy (non-hydrogen) atoms. The molecular formula is C6H13O2Zn-. The van der Waals surface area contributed by atoms with Crippen molar-refractivity contribution in [2.24, 2.45) is 0 Å². The summed E-state index contributed by atoms with van der Waals surface area (Å²) in [6.07, 6.45) is 0. The molecule has 0 amide bonds. The third kappa shape index (κ3) is 31.4. The number of carbonyl (C=O) groups excluding carboxylic acids is 1. The van der Waals surface area contributed by atoms with Crippen molar-refractivity contribution in [3.05, 3.63) is 6.92 Å². The smallest absolute Gasteiger partial charge is 0.302 e. The second kappa shape index (κ2) is 15.7. The van der Waals surface area contributed by atoms with Crippen molar-refractivity contribution in [3.63, 3.8) is 0 Å². The average Bonchev–Trinajstić information content (AvgIpc) is 1.72. The fraction of sp³-hybridized carbons (Fsp3) is 0.667. The minimum atomic E-state index is -0.211. The van der Waals surface area contributed by atoms with Gasteiger partial charge in [-0.15, -0.1) is 0 Å². The van der Waals surface area contributed by atoms with Crippen LogP contribution in [-0.2, 0) is 29.0 Å². The van der Waals surface area contributed by atoms with E-state index in [2.05, 4.69) is 11.7 Å². The molecule has 0 aliphatic rings. The molecule has 0 aromatic heterocycles. The van der Waals surface area contributed by atoms with Crippen LogP contribution in [-0.4, -0.2) is 12.6 Å². The summed E-state index contributed by atoms with van der Waals surface area (Å²) in [5.41, 5.74) is 0. The van der Waals surface area contributed by atoms with Gasteiger partial charge in [-0.3, -0.25) is 4.79 Å². The van der Waals surface area contributed by atoms with Crippen molar-refractivity contribution >= 4 is 5.97 Å². The van der Waals surface area contributed by atoms with Crippen LogP contribution in [0.25, 0.3) is 0 Å². The quantitative estimate of drug-likeness (QED) is 0.348. The van der Waals surface area contributed by atoms with Gasteiger partial charge >= 0.3 is 5.97 Å². The first-order valence-electron chi connectivity index (χ1n) is 2.61. The van der Waals surface area contributed by atoms with E-state index in [1.54, 1.807) is 13.8 Å². The van der Waals surface area contributed by atoms with Crippen LogP contribution < -0.4 is 0 Å². The summed E-state index contributed by atoms with van der Waals surface area (Å²) in [6.45, 7) is 8.65. The number of carbonyl (C=O) groups is 1. The van der Waals surface area contributed by atoms with Gasteiger partial charge in [0.25, 0.3) is 0 Å². The molecule has 0 spiro atoms. The Morgan fingerprint density at radius 1 is 1.56 bits per heavy atom. The van der Waals surface area contributed by atoms with Crippen LogP contribution in [0, 0.1) is 6.92 Å². The van der Waals surface area contributed by atoms with Gasteiger partial charge in [0.15, 0.2) is 0 Å². The Morgan fingerprint density at radius 3 is 1.89 bits per heavy atom. The number of esters is 1. The minimum Gasteiger partial charge on any atom is -0.466 e. The molecule has 0 aromatic rings. The fourth-order valence-corrected chi connectivity index (χ4v) is 0.203. The van der Waals surface area contributed by atoms with E-state index in [9.17, 15) is 4.79 Å². The minimum absolute atomic E-state index is 0. The van der Waals surface area contributed by atoms with E-state index in [0.29, 0.717) is 6.61 Å². The molecule has 52 valence electrons. The summed E-state index contributed by atoms with van der Waals surface area (Å²) >= 11 is 0. The molecule has 0 aromatic carbocycles. The van der Waals surface area contributed by atoms with E-state index in [-0.39, 0.29) is 25.4 Å². The predicted molar refractivity (Wildman–Crippen MR) is 33.3 cm³/mol. The first kappa shape index (κ1) is 16.0. The van der Waals surface area contributed by atoms with Gasteiger partial charge in [-0.05, 0) is 6.92 Å². The van der Waals surface area contributed by atoms with Crippen molar-refractivity contribution in [2.45, 2.75) is 20.8 Å². The zero-order chi connectivity index (χ0) is 6.99. The second-order valence-electron chi connectivity index (χ2n) is 0.925. The van der Waals surface area contributed by atoms with Crippen LogP contribution in [0.15, 0.2) is 0 Å². The van der Waals surface area contributed by atoms with E-state index in [1.165, 1.54) is 6.92 Å². The Morgan fingerprint density at radius 2 is 1.89 bits per heavy atom. The van der Waals surface area contributed by atoms with Crippen LogP contribution in [0.4, 0.5) is 0 Å².